The highest BCUT2D eigenvalue weighted by Gasteiger charge is 2.03. The van der Waals surface area contributed by atoms with E-state index >= 15 is 0 Å². The lowest BCUT2D eigenvalue weighted by molar-refractivity contribution is 0.0696. The summed E-state index contributed by atoms with van der Waals surface area (Å²) < 4.78 is 0. The molecule has 1 rings (SSSR count). The molecule has 0 aromatic carbocycles. The number of carboxylic acid groups (broad SMARTS) is 1. The van der Waals surface area contributed by atoms with Crippen molar-refractivity contribution in [3.63, 3.8) is 0 Å². The van der Waals surface area contributed by atoms with Crippen LogP contribution < -0.4 is 5.32 Å². The number of aromatic carboxylic acids is 1. The topological polar surface area (TPSA) is 75.1 Å². The fourth-order valence-electron chi connectivity index (χ4n) is 0.793. The smallest absolute Gasteiger partial charge is 0.338 e. The highest BCUT2D eigenvalue weighted by molar-refractivity contribution is 5.86. The summed E-state index contributed by atoms with van der Waals surface area (Å²) in [6.07, 6.45) is 2.62. The molecule has 0 fully saturated rings. The Bertz CT molecular complexity index is 284. The van der Waals surface area contributed by atoms with Gasteiger partial charge in [-0.2, -0.15) is 0 Å². The van der Waals surface area contributed by atoms with Gasteiger partial charge in [-0.1, -0.05) is 6.92 Å². The fourth-order valence-corrected chi connectivity index (χ4v) is 0.793. The first kappa shape index (κ1) is 9.60. The Balaban J connectivity index is 2.64. The highest BCUT2D eigenvalue weighted by atomic mass is 16.4. The predicted molar refractivity (Wildman–Crippen MR) is 46.4 cm³/mol. The van der Waals surface area contributed by atoms with Crippen LogP contribution in [0.4, 0.5) is 0 Å². The Kier molecular flexibility index (Phi) is 3.33. The van der Waals surface area contributed by atoms with E-state index in [1.807, 2.05) is 6.92 Å². The second kappa shape index (κ2) is 4.51. The third-order valence-corrected chi connectivity index (χ3v) is 1.49. The summed E-state index contributed by atoms with van der Waals surface area (Å²) >= 11 is 0. The molecule has 0 unspecified atom stereocenters. The molecule has 2 N–H and O–H groups in total. The van der Waals surface area contributed by atoms with Gasteiger partial charge in [-0.15, -0.1) is 0 Å². The minimum Gasteiger partial charge on any atom is -0.478 e. The van der Waals surface area contributed by atoms with E-state index in [2.05, 4.69) is 15.3 Å². The zero-order valence-electron chi connectivity index (χ0n) is 7.32. The minimum atomic E-state index is -1.00. The van der Waals surface area contributed by atoms with Gasteiger partial charge in [-0.3, -0.25) is 0 Å². The Hall–Kier alpha value is -1.49. The Morgan fingerprint density at radius 3 is 2.62 bits per heavy atom. The molecule has 5 heteroatoms. The summed E-state index contributed by atoms with van der Waals surface area (Å²) in [7, 11) is 0. The molecule has 0 saturated heterocycles. The molecule has 0 radical (unpaired) electrons. The molecule has 70 valence electrons. The van der Waals surface area contributed by atoms with E-state index in [4.69, 9.17) is 5.11 Å². The molecule has 0 atom stereocenters. The maximum atomic E-state index is 10.4. The zero-order valence-corrected chi connectivity index (χ0v) is 7.32. The van der Waals surface area contributed by atoms with Crippen molar-refractivity contribution in [2.45, 2.75) is 13.5 Å². The van der Waals surface area contributed by atoms with E-state index in [1.165, 1.54) is 12.4 Å². The molecule has 0 aliphatic heterocycles. The van der Waals surface area contributed by atoms with Gasteiger partial charge in [0.1, 0.15) is 5.82 Å². The molecule has 13 heavy (non-hydrogen) atoms. The van der Waals surface area contributed by atoms with E-state index in [-0.39, 0.29) is 5.56 Å². The third-order valence-electron chi connectivity index (χ3n) is 1.49. The molecule has 0 bridgehead atoms. The average Bonchev–Trinajstić information content (AvgIpc) is 2.15. The number of hydrogen-bond donors (Lipinski definition) is 2. The van der Waals surface area contributed by atoms with Crippen molar-refractivity contribution in [1.82, 2.24) is 15.3 Å². The molecule has 0 aliphatic carbocycles. The summed E-state index contributed by atoms with van der Waals surface area (Å²) in [6.45, 7) is 3.38. The van der Waals surface area contributed by atoms with E-state index < -0.39 is 5.97 Å². The van der Waals surface area contributed by atoms with Crippen LogP contribution in [0.2, 0.25) is 0 Å². The van der Waals surface area contributed by atoms with Crippen molar-refractivity contribution < 1.29 is 9.90 Å². The van der Waals surface area contributed by atoms with Crippen LogP contribution in [-0.4, -0.2) is 27.6 Å². The lowest BCUT2D eigenvalue weighted by Crippen LogP contribution is -2.14. The molecule has 0 spiro atoms. The highest BCUT2D eigenvalue weighted by Crippen LogP contribution is 1.95. The minimum absolute atomic E-state index is 0.111. The third kappa shape index (κ3) is 2.79. The van der Waals surface area contributed by atoms with Crippen LogP contribution in [0.1, 0.15) is 23.1 Å². The molecule has 5 nitrogen and oxygen atoms in total. The predicted octanol–water partition coefficient (Wildman–Crippen LogP) is 0.284. The molecule has 1 heterocycles. The van der Waals surface area contributed by atoms with Gasteiger partial charge in [-0.25, -0.2) is 14.8 Å². The van der Waals surface area contributed by atoms with Gasteiger partial charge >= 0.3 is 5.97 Å². The Labute approximate surface area is 75.8 Å². The van der Waals surface area contributed by atoms with Crippen LogP contribution in [0, 0.1) is 0 Å². The van der Waals surface area contributed by atoms with Crippen LogP contribution in [0.5, 0.6) is 0 Å². The second-order valence-corrected chi connectivity index (χ2v) is 2.47. The standard InChI is InChI=1S/C8H11N3O2/c1-2-9-5-7-10-3-6(4-11-7)8(12)13/h3-4,9H,2,5H2,1H3,(H,12,13). The van der Waals surface area contributed by atoms with E-state index in [1.54, 1.807) is 0 Å². The lowest BCUT2D eigenvalue weighted by Gasteiger charge is -1.99. The summed E-state index contributed by atoms with van der Waals surface area (Å²) in [5, 5.41) is 11.6. The number of carbonyl (C=O) groups is 1. The van der Waals surface area contributed by atoms with Gasteiger partial charge in [0.15, 0.2) is 0 Å². The summed E-state index contributed by atoms with van der Waals surface area (Å²) in [5.74, 6) is -0.401. The lowest BCUT2D eigenvalue weighted by atomic mass is 10.3. The average molecular weight is 181 g/mol. The quantitative estimate of drug-likeness (QED) is 0.698. The Morgan fingerprint density at radius 2 is 2.15 bits per heavy atom. The normalized spacial score (nSPS) is 9.92. The number of aromatic nitrogens is 2. The first-order chi connectivity index (χ1) is 6.24. The second-order valence-electron chi connectivity index (χ2n) is 2.47. The van der Waals surface area contributed by atoms with Crippen molar-refractivity contribution in [1.29, 1.82) is 0 Å². The van der Waals surface area contributed by atoms with E-state index in [0.717, 1.165) is 6.54 Å². The van der Waals surface area contributed by atoms with E-state index in [0.29, 0.717) is 12.4 Å². The van der Waals surface area contributed by atoms with Crippen LogP contribution in [0.3, 0.4) is 0 Å². The van der Waals surface area contributed by atoms with Crippen LogP contribution in [0.25, 0.3) is 0 Å². The summed E-state index contributed by atoms with van der Waals surface area (Å²) in [4.78, 5) is 18.2. The van der Waals surface area contributed by atoms with Gasteiger partial charge in [0.25, 0.3) is 0 Å². The van der Waals surface area contributed by atoms with Gasteiger partial charge in [0.2, 0.25) is 0 Å². The maximum Gasteiger partial charge on any atom is 0.338 e. The van der Waals surface area contributed by atoms with Crippen LogP contribution in [0.15, 0.2) is 12.4 Å². The van der Waals surface area contributed by atoms with Crippen molar-refractivity contribution in [3.05, 3.63) is 23.8 Å². The summed E-state index contributed by atoms with van der Waals surface area (Å²) in [5.41, 5.74) is 0.111. The molecule has 1 aromatic rings. The molecule has 0 aliphatic rings. The van der Waals surface area contributed by atoms with Crippen molar-refractivity contribution in [2.24, 2.45) is 0 Å². The number of nitrogens with one attached hydrogen (secondary N) is 1. The van der Waals surface area contributed by atoms with Crippen LogP contribution >= 0.6 is 0 Å². The van der Waals surface area contributed by atoms with Gasteiger partial charge in [0.05, 0.1) is 12.1 Å². The molecular formula is C8H11N3O2. The number of nitrogens with zero attached hydrogens (tertiary/aromatic N) is 2. The maximum absolute atomic E-state index is 10.4. The molecule has 1 aromatic heterocycles. The number of rotatable bonds is 4. The summed E-state index contributed by atoms with van der Waals surface area (Å²) in [6, 6.07) is 0. The number of hydrogen-bond acceptors (Lipinski definition) is 4. The SMILES string of the molecule is CCNCc1ncc(C(=O)O)cn1. The molecular weight excluding hydrogens is 170 g/mol. The van der Waals surface area contributed by atoms with Crippen molar-refractivity contribution >= 4 is 5.97 Å². The van der Waals surface area contributed by atoms with Gasteiger partial charge < -0.3 is 10.4 Å². The van der Waals surface area contributed by atoms with Crippen molar-refractivity contribution in [2.75, 3.05) is 6.54 Å². The first-order valence-corrected chi connectivity index (χ1v) is 3.99. The monoisotopic (exact) mass is 181 g/mol. The molecule has 0 amide bonds. The van der Waals surface area contributed by atoms with Gasteiger partial charge in [-0.05, 0) is 6.54 Å². The van der Waals surface area contributed by atoms with Gasteiger partial charge in [0, 0.05) is 12.4 Å². The fraction of sp³-hybridized carbons (Fsp3) is 0.375. The largest absolute Gasteiger partial charge is 0.478 e. The number of carboxylic acids is 1. The zero-order chi connectivity index (χ0) is 9.68. The van der Waals surface area contributed by atoms with Crippen molar-refractivity contribution in [3.8, 4) is 0 Å². The molecule has 0 saturated carbocycles. The first-order valence-electron chi connectivity index (χ1n) is 3.99. The van der Waals surface area contributed by atoms with Crippen LogP contribution in [-0.2, 0) is 6.54 Å². The van der Waals surface area contributed by atoms with E-state index in [9.17, 15) is 4.79 Å². The Morgan fingerprint density at radius 1 is 1.54 bits per heavy atom.